The number of ether oxygens (including phenoxy) is 2. The van der Waals surface area contributed by atoms with E-state index in [0.29, 0.717) is 47.4 Å². The van der Waals surface area contributed by atoms with E-state index in [1.165, 1.54) is 6.08 Å². The quantitative estimate of drug-likeness (QED) is 0.254. The third kappa shape index (κ3) is 5.87. The molecule has 9 heteroatoms. The molecule has 1 fully saturated rings. The standard InChI is InChI=1S/C28H24BrClN2O5/c1-3-36-20-11-9-19(10-12-20)32-27(34)22(26(33)31-28(32)35)13-17-14-23(29)21(25(15-17)37-4-2)16-18-7-5-6-8-24(18)30/h5-15H,3-4,16H2,1-2H3,(H,31,33,35)/b22-13+. The van der Waals surface area contributed by atoms with Gasteiger partial charge in [-0.3, -0.25) is 14.9 Å². The fraction of sp³-hybridized carbons (Fsp3) is 0.179. The Balaban J connectivity index is 1.69. The van der Waals surface area contributed by atoms with Crippen LogP contribution in [0.15, 0.2) is 70.7 Å². The van der Waals surface area contributed by atoms with Crippen LogP contribution in [-0.4, -0.2) is 31.1 Å². The molecule has 0 saturated carbocycles. The van der Waals surface area contributed by atoms with Crippen molar-refractivity contribution in [3.63, 3.8) is 0 Å². The third-order valence-corrected chi connectivity index (χ3v) is 6.70. The molecular formula is C28H24BrClN2O5. The molecule has 190 valence electrons. The van der Waals surface area contributed by atoms with Crippen molar-refractivity contribution in [2.24, 2.45) is 0 Å². The molecule has 0 unspecified atom stereocenters. The molecule has 1 aliphatic rings. The molecule has 0 aliphatic carbocycles. The van der Waals surface area contributed by atoms with E-state index in [0.717, 1.165) is 20.5 Å². The first-order valence-electron chi connectivity index (χ1n) is 11.6. The number of anilines is 1. The highest BCUT2D eigenvalue weighted by Gasteiger charge is 2.37. The normalized spacial score (nSPS) is 14.6. The van der Waals surface area contributed by atoms with Gasteiger partial charge < -0.3 is 9.47 Å². The van der Waals surface area contributed by atoms with Gasteiger partial charge in [-0.1, -0.05) is 45.7 Å². The van der Waals surface area contributed by atoms with Crippen molar-refractivity contribution < 1.29 is 23.9 Å². The Kier molecular flexibility index (Phi) is 8.31. The van der Waals surface area contributed by atoms with Crippen molar-refractivity contribution in [2.75, 3.05) is 18.1 Å². The molecule has 1 N–H and O–H groups in total. The Morgan fingerprint density at radius 2 is 1.68 bits per heavy atom. The number of nitrogens with zero attached hydrogens (tertiary/aromatic N) is 1. The van der Waals surface area contributed by atoms with Crippen LogP contribution < -0.4 is 19.7 Å². The Labute approximate surface area is 228 Å². The predicted octanol–water partition coefficient (Wildman–Crippen LogP) is 6.16. The van der Waals surface area contributed by atoms with Crippen LogP contribution in [0.25, 0.3) is 6.08 Å². The molecule has 7 nitrogen and oxygen atoms in total. The summed E-state index contributed by atoms with van der Waals surface area (Å²) in [4.78, 5) is 39.4. The lowest BCUT2D eigenvalue weighted by Crippen LogP contribution is -2.54. The number of imide groups is 2. The number of halogens is 2. The molecule has 0 bridgehead atoms. The minimum absolute atomic E-state index is 0.179. The largest absolute Gasteiger partial charge is 0.494 e. The van der Waals surface area contributed by atoms with E-state index in [1.54, 1.807) is 36.4 Å². The van der Waals surface area contributed by atoms with Gasteiger partial charge in [0.05, 0.1) is 18.9 Å². The van der Waals surface area contributed by atoms with Gasteiger partial charge in [0, 0.05) is 21.5 Å². The number of carbonyl (C=O) groups excluding carboxylic acids is 3. The number of barbiturate groups is 1. The van der Waals surface area contributed by atoms with Crippen molar-refractivity contribution in [3.8, 4) is 11.5 Å². The number of carbonyl (C=O) groups is 3. The SMILES string of the molecule is CCOc1ccc(N2C(=O)NC(=O)/C(=C\c3cc(Br)c(Cc4ccccc4Cl)c(OCC)c3)C2=O)cc1. The van der Waals surface area contributed by atoms with E-state index in [9.17, 15) is 14.4 Å². The lowest BCUT2D eigenvalue weighted by molar-refractivity contribution is -0.122. The highest BCUT2D eigenvalue weighted by atomic mass is 79.9. The number of amides is 4. The number of benzene rings is 3. The Hall–Kier alpha value is -3.62. The minimum Gasteiger partial charge on any atom is -0.494 e. The van der Waals surface area contributed by atoms with Crippen LogP contribution in [0.5, 0.6) is 11.5 Å². The summed E-state index contributed by atoms with van der Waals surface area (Å²) >= 11 is 9.97. The van der Waals surface area contributed by atoms with Crippen LogP contribution in [0.4, 0.5) is 10.5 Å². The van der Waals surface area contributed by atoms with Crippen LogP contribution in [0.2, 0.25) is 5.02 Å². The predicted molar refractivity (Wildman–Crippen MR) is 146 cm³/mol. The zero-order valence-electron chi connectivity index (χ0n) is 20.2. The number of hydrogen-bond donors (Lipinski definition) is 1. The van der Waals surface area contributed by atoms with Gasteiger partial charge in [-0.05, 0) is 73.5 Å². The number of rotatable bonds is 8. The first-order chi connectivity index (χ1) is 17.8. The van der Waals surface area contributed by atoms with E-state index in [2.05, 4.69) is 21.2 Å². The van der Waals surface area contributed by atoms with E-state index >= 15 is 0 Å². The van der Waals surface area contributed by atoms with Crippen LogP contribution >= 0.6 is 27.5 Å². The van der Waals surface area contributed by atoms with Gasteiger partial charge in [0.15, 0.2) is 0 Å². The lowest BCUT2D eigenvalue weighted by Gasteiger charge is -2.26. The molecule has 0 spiro atoms. The highest BCUT2D eigenvalue weighted by molar-refractivity contribution is 9.10. The second-order valence-corrected chi connectivity index (χ2v) is 9.33. The Morgan fingerprint density at radius 1 is 0.973 bits per heavy atom. The van der Waals surface area contributed by atoms with Crippen LogP contribution in [0.3, 0.4) is 0 Å². The molecule has 1 saturated heterocycles. The number of nitrogens with one attached hydrogen (secondary N) is 1. The summed E-state index contributed by atoms with van der Waals surface area (Å²) in [5.41, 5.74) is 2.50. The molecule has 0 atom stereocenters. The van der Waals surface area contributed by atoms with Crippen molar-refractivity contribution >= 4 is 57.1 Å². The van der Waals surface area contributed by atoms with Crippen LogP contribution in [-0.2, 0) is 16.0 Å². The molecule has 3 aromatic rings. The van der Waals surface area contributed by atoms with Crippen molar-refractivity contribution in [3.05, 3.63) is 92.4 Å². The van der Waals surface area contributed by atoms with Crippen molar-refractivity contribution in [1.29, 1.82) is 0 Å². The molecule has 1 heterocycles. The summed E-state index contributed by atoms with van der Waals surface area (Å²) in [5.74, 6) is -0.307. The average molecular weight is 584 g/mol. The molecule has 37 heavy (non-hydrogen) atoms. The summed E-state index contributed by atoms with van der Waals surface area (Å²) in [5, 5.41) is 2.89. The maximum absolute atomic E-state index is 13.3. The third-order valence-electron chi connectivity index (χ3n) is 5.62. The molecule has 3 aromatic carbocycles. The van der Waals surface area contributed by atoms with Crippen LogP contribution in [0, 0.1) is 0 Å². The lowest BCUT2D eigenvalue weighted by atomic mass is 10.0. The molecule has 4 rings (SSSR count). The summed E-state index contributed by atoms with van der Waals surface area (Å²) < 4.78 is 12.0. The topological polar surface area (TPSA) is 84.9 Å². The zero-order chi connectivity index (χ0) is 26.5. The molecule has 0 aromatic heterocycles. The van der Waals surface area contributed by atoms with E-state index in [4.69, 9.17) is 21.1 Å². The van der Waals surface area contributed by atoms with E-state index < -0.39 is 17.8 Å². The molecular weight excluding hydrogens is 560 g/mol. The molecule has 1 aliphatic heterocycles. The van der Waals surface area contributed by atoms with Gasteiger partial charge >= 0.3 is 6.03 Å². The Bertz CT molecular complexity index is 1390. The van der Waals surface area contributed by atoms with Gasteiger partial charge in [-0.15, -0.1) is 0 Å². The fourth-order valence-electron chi connectivity index (χ4n) is 3.92. The van der Waals surface area contributed by atoms with Gasteiger partial charge in [0.2, 0.25) is 0 Å². The first-order valence-corrected chi connectivity index (χ1v) is 12.8. The van der Waals surface area contributed by atoms with Crippen molar-refractivity contribution in [1.82, 2.24) is 5.32 Å². The van der Waals surface area contributed by atoms with Crippen LogP contribution in [0.1, 0.15) is 30.5 Å². The van der Waals surface area contributed by atoms with Gasteiger partial charge in [-0.2, -0.15) is 0 Å². The molecule has 4 amide bonds. The summed E-state index contributed by atoms with van der Waals surface area (Å²) in [6.45, 7) is 4.63. The fourth-order valence-corrected chi connectivity index (χ4v) is 4.72. The average Bonchev–Trinajstić information content (AvgIpc) is 2.86. The van der Waals surface area contributed by atoms with E-state index in [-0.39, 0.29) is 5.57 Å². The highest BCUT2D eigenvalue weighted by Crippen LogP contribution is 2.34. The monoisotopic (exact) mass is 582 g/mol. The smallest absolute Gasteiger partial charge is 0.335 e. The first kappa shape index (κ1) is 26.4. The second kappa shape index (κ2) is 11.6. The Morgan fingerprint density at radius 3 is 2.35 bits per heavy atom. The number of hydrogen-bond acceptors (Lipinski definition) is 5. The summed E-state index contributed by atoms with van der Waals surface area (Å²) in [6, 6.07) is 16.8. The second-order valence-electron chi connectivity index (χ2n) is 8.07. The summed E-state index contributed by atoms with van der Waals surface area (Å²) in [6.07, 6.45) is 1.96. The maximum Gasteiger partial charge on any atom is 0.335 e. The van der Waals surface area contributed by atoms with Gasteiger partial charge in [0.25, 0.3) is 11.8 Å². The minimum atomic E-state index is -0.817. The zero-order valence-corrected chi connectivity index (χ0v) is 22.6. The summed E-state index contributed by atoms with van der Waals surface area (Å²) in [7, 11) is 0. The van der Waals surface area contributed by atoms with E-state index in [1.807, 2.05) is 38.1 Å². The van der Waals surface area contributed by atoms with Crippen molar-refractivity contribution in [2.45, 2.75) is 20.3 Å². The maximum atomic E-state index is 13.3. The number of urea groups is 1. The van der Waals surface area contributed by atoms with Gasteiger partial charge in [-0.25, -0.2) is 9.69 Å². The molecule has 0 radical (unpaired) electrons. The van der Waals surface area contributed by atoms with Gasteiger partial charge in [0.1, 0.15) is 17.1 Å².